The number of anilines is 1. The predicted octanol–water partition coefficient (Wildman–Crippen LogP) is 6.37. The van der Waals surface area contributed by atoms with Crippen LogP contribution in [0.2, 0.25) is 0 Å². The van der Waals surface area contributed by atoms with Gasteiger partial charge in [0.15, 0.2) is 0 Å². The van der Waals surface area contributed by atoms with Crippen LogP contribution in [0.1, 0.15) is 37.3 Å². The fourth-order valence-electron chi connectivity index (χ4n) is 4.96. The first-order chi connectivity index (χ1) is 16.0. The van der Waals surface area contributed by atoms with Crippen molar-refractivity contribution in [2.45, 2.75) is 26.2 Å². The van der Waals surface area contributed by atoms with Crippen molar-refractivity contribution in [3.63, 3.8) is 0 Å². The van der Waals surface area contributed by atoms with Gasteiger partial charge >= 0.3 is 0 Å². The van der Waals surface area contributed by atoms with Gasteiger partial charge in [0.1, 0.15) is 0 Å². The Morgan fingerprint density at radius 3 is 2.27 bits per heavy atom. The molecule has 0 amide bonds. The zero-order chi connectivity index (χ0) is 23.3. The third-order valence-corrected chi connectivity index (χ3v) is 7.52. The maximum Gasteiger partial charge on any atom is 0.0434 e. The molecule has 1 unspecified atom stereocenters. The smallest absolute Gasteiger partial charge is 0.0434 e. The molecule has 3 nitrogen and oxygen atoms in total. The van der Waals surface area contributed by atoms with Crippen LogP contribution in [-0.4, -0.2) is 49.8 Å². The van der Waals surface area contributed by atoms with Crippen molar-refractivity contribution < 1.29 is 5.11 Å². The van der Waals surface area contributed by atoms with E-state index < -0.39 is 0 Å². The van der Waals surface area contributed by atoms with Crippen molar-refractivity contribution in [3.05, 3.63) is 88.4 Å². The summed E-state index contributed by atoms with van der Waals surface area (Å²) < 4.78 is 1.14. The van der Waals surface area contributed by atoms with Gasteiger partial charge in [-0.2, -0.15) is 0 Å². The summed E-state index contributed by atoms with van der Waals surface area (Å²) in [5, 5.41) is 9.66. The molecule has 0 saturated carbocycles. The third kappa shape index (κ3) is 5.68. The van der Waals surface area contributed by atoms with E-state index in [1.807, 2.05) is 0 Å². The second-order valence-corrected chi connectivity index (χ2v) is 10.3. The van der Waals surface area contributed by atoms with Crippen molar-refractivity contribution in [3.8, 4) is 0 Å². The second-order valence-electron chi connectivity index (χ2n) is 9.43. The molecular formula is C29H35BrN2O. The van der Waals surface area contributed by atoms with Crippen molar-refractivity contribution in [1.82, 2.24) is 4.90 Å². The van der Waals surface area contributed by atoms with E-state index in [-0.39, 0.29) is 12.0 Å². The summed E-state index contributed by atoms with van der Waals surface area (Å²) in [5.41, 5.74) is 6.38. The predicted molar refractivity (Wildman–Crippen MR) is 145 cm³/mol. The van der Waals surface area contributed by atoms with Crippen LogP contribution in [0.25, 0.3) is 11.1 Å². The molecule has 1 atom stereocenters. The molecule has 33 heavy (non-hydrogen) atoms. The number of piperazine rings is 1. The van der Waals surface area contributed by atoms with Gasteiger partial charge in [-0.15, -0.1) is 0 Å². The summed E-state index contributed by atoms with van der Waals surface area (Å²) in [4.78, 5) is 4.88. The number of halogens is 1. The molecule has 0 aromatic heterocycles. The molecule has 4 rings (SSSR count). The molecule has 2 aromatic rings. The Bertz CT molecular complexity index is 1020. The van der Waals surface area contributed by atoms with Crippen molar-refractivity contribution in [1.29, 1.82) is 0 Å². The lowest BCUT2D eigenvalue weighted by Gasteiger charge is -2.35. The van der Waals surface area contributed by atoms with E-state index in [1.54, 1.807) is 0 Å². The minimum atomic E-state index is -0.118. The fraction of sp³-hybridized carbons (Fsp3) is 0.379. The molecule has 2 aliphatic rings. The molecular weight excluding hydrogens is 472 g/mol. The largest absolute Gasteiger partial charge is 0.396 e. The van der Waals surface area contributed by atoms with Crippen LogP contribution in [0.4, 0.5) is 5.69 Å². The van der Waals surface area contributed by atoms with Gasteiger partial charge < -0.3 is 14.9 Å². The van der Waals surface area contributed by atoms with Crippen LogP contribution in [0, 0.1) is 5.41 Å². The number of rotatable bonds is 7. The number of hydrogen-bond acceptors (Lipinski definition) is 3. The maximum atomic E-state index is 9.66. The second kappa shape index (κ2) is 10.9. The third-order valence-electron chi connectivity index (χ3n) is 6.94. The highest BCUT2D eigenvalue weighted by Gasteiger charge is 2.31. The fourth-order valence-corrected chi connectivity index (χ4v) is 5.25. The molecule has 1 aliphatic carbocycles. The quantitative estimate of drug-likeness (QED) is 0.442. The molecule has 1 aliphatic heterocycles. The average Bonchev–Trinajstić information content (AvgIpc) is 2.85. The molecule has 1 heterocycles. The Balaban J connectivity index is 1.79. The van der Waals surface area contributed by atoms with E-state index in [1.165, 1.54) is 28.0 Å². The van der Waals surface area contributed by atoms with E-state index in [2.05, 4.69) is 113 Å². The monoisotopic (exact) mass is 506 g/mol. The zero-order valence-corrected chi connectivity index (χ0v) is 21.4. The lowest BCUT2D eigenvalue weighted by Crippen LogP contribution is -2.44. The van der Waals surface area contributed by atoms with Crippen LogP contribution in [-0.2, 0) is 0 Å². The molecule has 1 fully saturated rings. The first kappa shape index (κ1) is 24.0. The summed E-state index contributed by atoms with van der Waals surface area (Å²) in [7, 11) is 2.19. The van der Waals surface area contributed by atoms with Gasteiger partial charge in [0.25, 0.3) is 0 Å². The maximum absolute atomic E-state index is 9.66. The van der Waals surface area contributed by atoms with Gasteiger partial charge in [-0.1, -0.05) is 83.5 Å². The van der Waals surface area contributed by atoms with Crippen molar-refractivity contribution >= 4 is 32.8 Å². The zero-order valence-electron chi connectivity index (χ0n) is 19.8. The summed E-state index contributed by atoms with van der Waals surface area (Å²) in [6.45, 7) is 6.90. The first-order valence-corrected chi connectivity index (χ1v) is 12.8. The molecule has 1 saturated heterocycles. The Hall–Kier alpha value is -2.14. The first-order valence-electron chi connectivity index (χ1n) is 12.0. The number of hydrogen-bond donors (Lipinski definition) is 1. The molecule has 2 aromatic carbocycles. The van der Waals surface area contributed by atoms with Gasteiger partial charge in [0.2, 0.25) is 0 Å². The minimum absolute atomic E-state index is 0.118. The highest BCUT2D eigenvalue weighted by molar-refractivity contribution is 9.11. The van der Waals surface area contributed by atoms with Gasteiger partial charge in [0.05, 0.1) is 0 Å². The highest BCUT2D eigenvalue weighted by Crippen LogP contribution is 2.48. The van der Waals surface area contributed by atoms with E-state index in [4.69, 9.17) is 0 Å². The molecule has 0 spiro atoms. The molecule has 174 valence electrons. The van der Waals surface area contributed by atoms with Gasteiger partial charge in [0, 0.05) is 48.4 Å². The summed E-state index contributed by atoms with van der Waals surface area (Å²) in [6, 6.07) is 19.9. The van der Waals surface area contributed by atoms with Crippen LogP contribution in [0.5, 0.6) is 0 Å². The number of nitrogens with zero attached hydrogens (tertiary/aromatic N) is 2. The Morgan fingerprint density at radius 2 is 1.67 bits per heavy atom. The minimum Gasteiger partial charge on any atom is -0.396 e. The van der Waals surface area contributed by atoms with Crippen molar-refractivity contribution in [2.24, 2.45) is 5.41 Å². The SMILES string of the molecule is CN1CCN(c2ccc(/C(=C(/CCCO)c3ccccc3)C3(C)C=CC(Br)=CC3)cc2)CC1. The number of allylic oxidation sites excluding steroid dienone is 6. The lowest BCUT2D eigenvalue weighted by atomic mass is 9.70. The summed E-state index contributed by atoms with van der Waals surface area (Å²) in [5.74, 6) is 0. The van der Waals surface area contributed by atoms with Crippen LogP contribution in [0.15, 0.2) is 77.3 Å². The van der Waals surface area contributed by atoms with E-state index >= 15 is 0 Å². The Kier molecular flexibility index (Phi) is 7.90. The average molecular weight is 508 g/mol. The lowest BCUT2D eigenvalue weighted by molar-refractivity contribution is 0.290. The van der Waals surface area contributed by atoms with Crippen LogP contribution in [0.3, 0.4) is 0 Å². The standard InChI is InChI=1S/C29H35BrN2O/c1-29(16-14-25(30)15-17-29)28(27(9-6-22-33)23-7-4-3-5-8-23)24-10-12-26(13-11-24)32-20-18-31(2)19-21-32/h3-5,7-8,10-16,33H,6,9,17-22H2,1-2H3/b28-27+. The Labute approximate surface area is 207 Å². The van der Waals surface area contributed by atoms with Crippen LogP contribution < -0.4 is 4.90 Å². The van der Waals surface area contributed by atoms with Gasteiger partial charge in [-0.3, -0.25) is 0 Å². The Morgan fingerprint density at radius 1 is 0.970 bits per heavy atom. The molecule has 4 heteroatoms. The summed E-state index contributed by atoms with van der Waals surface area (Å²) >= 11 is 3.64. The van der Waals surface area contributed by atoms with Crippen molar-refractivity contribution in [2.75, 3.05) is 44.7 Å². The number of benzene rings is 2. The number of aliphatic hydroxyl groups excluding tert-OH is 1. The number of aliphatic hydroxyl groups is 1. The van der Waals surface area contributed by atoms with E-state index in [0.29, 0.717) is 0 Å². The number of likely N-dealkylation sites (N-methyl/N-ethyl adjacent to an activating group) is 1. The van der Waals surface area contributed by atoms with Gasteiger partial charge in [-0.25, -0.2) is 0 Å². The molecule has 1 N–H and O–H groups in total. The summed E-state index contributed by atoms with van der Waals surface area (Å²) in [6.07, 6.45) is 9.33. The van der Waals surface area contributed by atoms with E-state index in [9.17, 15) is 5.11 Å². The molecule has 0 bridgehead atoms. The van der Waals surface area contributed by atoms with Crippen LogP contribution >= 0.6 is 15.9 Å². The normalized spacial score (nSPS) is 22.2. The van der Waals surface area contributed by atoms with E-state index in [0.717, 1.165) is 49.9 Å². The van der Waals surface area contributed by atoms with Gasteiger partial charge in [-0.05, 0) is 60.7 Å². The highest BCUT2D eigenvalue weighted by atomic mass is 79.9. The topological polar surface area (TPSA) is 26.7 Å². The molecule has 0 radical (unpaired) electrons.